The summed E-state index contributed by atoms with van der Waals surface area (Å²) in [6, 6.07) is 4.80. The molecule has 4 aromatic rings. The molecule has 1 fully saturated rings. The lowest BCUT2D eigenvalue weighted by molar-refractivity contribution is 0.329. The van der Waals surface area contributed by atoms with Gasteiger partial charge in [-0.25, -0.2) is 26.8 Å². The van der Waals surface area contributed by atoms with E-state index in [0.717, 1.165) is 64.3 Å². The summed E-state index contributed by atoms with van der Waals surface area (Å²) in [7, 11) is 1.82. The van der Waals surface area contributed by atoms with Gasteiger partial charge in [0, 0.05) is 43.2 Å². The molecule has 15 heteroatoms. The van der Waals surface area contributed by atoms with Gasteiger partial charge >= 0.3 is 0 Å². The molecule has 9 rings (SSSR count). The zero-order valence-electron chi connectivity index (χ0n) is 30.0. The molecule has 3 heterocycles. The highest BCUT2D eigenvalue weighted by atomic mass is 35.7. The summed E-state index contributed by atoms with van der Waals surface area (Å²) < 4.78 is 50.3. The van der Waals surface area contributed by atoms with Gasteiger partial charge in [-0.05, 0) is 159 Å². The minimum absolute atomic E-state index is 0.0766. The molecule has 52 heavy (non-hydrogen) atoms. The maximum Gasteiger partial charge on any atom is 0.298 e. The Morgan fingerprint density at radius 3 is 1.58 bits per heavy atom. The van der Waals surface area contributed by atoms with Crippen molar-refractivity contribution in [3.05, 3.63) is 79.4 Å². The van der Waals surface area contributed by atoms with Gasteiger partial charge in [0.1, 0.15) is 11.6 Å². The maximum absolute atomic E-state index is 13.1. The van der Waals surface area contributed by atoms with E-state index in [4.69, 9.17) is 10.7 Å². The number of aromatic nitrogens is 6. The highest BCUT2D eigenvalue weighted by Gasteiger charge is 2.36. The molecule has 12 nitrogen and oxygen atoms in total. The number of halogens is 1. The average molecular weight is 767 g/mol. The third-order valence-corrected chi connectivity index (χ3v) is 14.3. The van der Waals surface area contributed by atoms with E-state index >= 15 is 0 Å². The van der Waals surface area contributed by atoms with Gasteiger partial charge in [0.05, 0.1) is 0 Å². The van der Waals surface area contributed by atoms with Crippen LogP contribution in [0, 0.1) is 5.92 Å². The fourth-order valence-electron chi connectivity index (χ4n) is 9.37. The SMILES string of the molecule is CN(C)CC1CCN(S(=O)(=O)c2n[nH]c(Cc3c4c(cc5c3CCC5)CCC4)n2)C1.O=S(=O)(Cl)c1n[nH]c(Cc2c3c(cc4c2CCC4)CCC3)n1. The Labute approximate surface area is 310 Å². The van der Waals surface area contributed by atoms with E-state index in [9.17, 15) is 16.8 Å². The Balaban J connectivity index is 0.000000156. The fraction of sp³-hybridized carbons (Fsp3) is 0.568. The Bertz CT molecular complexity index is 2170. The quantitative estimate of drug-likeness (QED) is 0.238. The number of rotatable bonds is 9. The third-order valence-electron chi connectivity index (χ3n) is 11.6. The van der Waals surface area contributed by atoms with Crippen LogP contribution in [0.15, 0.2) is 22.4 Å². The first kappa shape index (κ1) is 35.8. The van der Waals surface area contributed by atoms with Crippen LogP contribution in [0.5, 0.6) is 0 Å². The van der Waals surface area contributed by atoms with Crippen LogP contribution in [0.3, 0.4) is 0 Å². The van der Waals surface area contributed by atoms with Crippen molar-refractivity contribution in [1.29, 1.82) is 0 Å². The van der Waals surface area contributed by atoms with Crippen LogP contribution in [0.1, 0.15) is 99.4 Å². The second kappa shape index (κ2) is 14.2. The van der Waals surface area contributed by atoms with E-state index in [1.54, 1.807) is 4.31 Å². The molecule has 1 unspecified atom stereocenters. The number of aryl methyl sites for hydroxylation is 4. The lowest BCUT2D eigenvalue weighted by atomic mass is 9.92. The van der Waals surface area contributed by atoms with Crippen molar-refractivity contribution in [2.24, 2.45) is 5.92 Å². The van der Waals surface area contributed by atoms with Gasteiger partial charge in [-0.3, -0.25) is 10.2 Å². The summed E-state index contributed by atoms with van der Waals surface area (Å²) in [4.78, 5) is 10.6. The smallest absolute Gasteiger partial charge is 0.298 e. The standard InChI is InChI=1S/C22H31N5O2S.C15H16ClN3O2S/c1-26(2)13-15-9-10-27(14-15)30(28,29)22-23-21(24-25-22)12-20-18-7-3-5-16(18)11-17-6-4-8-19(17)20;16-22(20,21)15-17-14(18-19-15)8-13-11-5-1-3-9(11)7-10-4-2-6-12(10)13/h11,15H,3-10,12-14H2,1-2H3,(H,23,24,25);7H,1-6,8H2,(H,17,18,19). The fourth-order valence-corrected chi connectivity index (χ4v) is 11.3. The molecule has 1 aliphatic heterocycles. The first-order valence-electron chi connectivity index (χ1n) is 18.7. The monoisotopic (exact) mass is 766 g/mol. The molecule has 4 aliphatic carbocycles. The van der Waals surface area contributed by atoms with Crippen LogP contribution in [0.25, 0.3) is 0 Å². The molecule has 278 valence electrons. The Kier molecular flexibility index (Phi) is 9.81. The topological polar surface area (TPSA) is 158 Å². The van der Waals surface area contributed by atoms with Crippen LogP contribution in [0.2, 0.25) is 0 Å². The third kappa shape index (κ3) is 7.08. The molecule has 2 aromatic heterocycles. The van der Waals surface area contributed by atoms with Crippen LogP contribution in [-0.2, 0) is 83.3 Å². The molecule has 2 N–H and O–H groups in total. The van der Waals surface area contributed by atoms with Crippen molar-refractivity contribution in [2.75, 3.05) is 33.7 Å². The number of hydrogen-bond acceptors (Lipinski definition) is 9. The van der Waals surface area contributed by atoms with Gasteiger partial charge in [0.2, 0.25) is 0 Å². The molecular formula is C37H47ClN8O4S2. The van der Waals surface area contributed by atoms with E-state index in [2.05, 4.69) is 47.4 Å². The molecule has 1 atom stereocenters. The van der Waals surface area contributed by atoms with Crippen LogP contribution in [-0.4, -0.2) is 90.1 Å². The van der Waals surface area contributed by atoms with E-state index in [1.807, 2.05) is 14.1 Å². The summed E-state index contributed by atoms with van der Waals surface area (Å²) in [5.74, 6) is 1.59. The van der Waals surface area contributed by atoms with Crippen molar-refractivity contribution in [1.82, 2.24) is 39.6 Å². The lowest BCUT2D eigenvalue weighted by Crippen LogP contribution is -2.31. The molecule has 2 aromatic carbocycles. The van der Waals surface area contributed by atoms with Gasteiger partial charge in [0.15, 0.2) is 0 Å². The van der Waals surface area contributed by atoms with Crippen molar-refractivity contribution in [3.8, 4) is 0 Å². The highest BCUT2D eigenvalue weighted by Crippen LogP contribution is 2.37. The minimum atomic E-state index is -3.88. The zero-order valence-corrected chi connectivity index (χ0v) is 32.4. The van der Waals surface area contributed by atoms with E-state index in [1.165, 1.54) is 81.3 Å². The van der Waals surface area contributed by atoms with Crippen LogP contribution in [0.4, 0.5) is 0 Å². The predicted molar refractivity (Wildman–Crippen MR) is 198 cm³/mol. The number of H-pyrrole nitrogens is 2. The summed E-state index contributed by atoms with van der Waals surface area (Å²) in [5.41, 5.74) is 14.4. The van der Waals surface area contributed by atoms with Crippen molar-refractivity contribution >= 4 is 29.8 Å². The molecule has 0 spiro atoms. The number of nitrogens with one attached hydrogen (secondary N) is 2. The zero-order chi connectivity index (χ0) is 36.2. The average Bonchev–Trinajstić information content (AvgIpc) is 3.91. The molecule has 0 amide bonds. The lowest BCUT2D eigenvalue weighted by Gasteiger charge is -2.17. The number of aromatic amines is 2. The van der Waals surface area contributed by atoms with E-state index in [0.29, 0.717) is 43.5 Å². The summed E-state index contributed by atoms with van der Waals surface area (Å²) >= 11 is 0. The second-order valence-corrected chi connectivity index (χ2v) is 19.7. The Hall–Kier alpha value is -3.17. The highest BCUT2D eigenvalue weighted by molar-refractivity contribution is 8.13. The molecule has 1 saturated heterocycles. The van der Waals surface area contributed by atoms with Gasteiger partial charge in [-0.2, -0.15) is 4.31 Å². The van der Waals surface area contributed by atoms with Crippen molar-refractivity contribution in [3.63, 3.8) is 0 Å². The van der Waals surface area contributed by atoms with E-state index in [-0.39, 0.29) is 10.3 Å². The molecule has 0 bridgehead atoms. The normalized spacial score (nSPS) is 19.5. The molecule has 5 aliphatic rings. The first-order chi connectivity index (χ1) is 24.9. The molecule has 0 saturated carbocycles. The number of sulfonamides is 1. The van der Waals surface area contributed by atoms with Crippen LogP contribution < -0.4 is 0 Å². The minimum Gasteiger partial charge on any atom is -0.309 e. The summed E-state index contributed by atoms with van der Waals surface area (Å²) in [5, 5.41) is 13.1. The van der Waals surface area contributed by atoms with Gasteiger partial charge in [-0.15, -0.1) is 10.2 Å². The second-order valence-electron chi connectivity index (χ2n) is 15.4. The predicted octanol–water partition coefficient (Wildman–Crippen LogP) is 4.25. The maximum atomic E-state index is 13.1. The van der Waals surface area contributed by atoms with Gasteiger partial charge in [-0.1, -0.05) is 12.1 Å². The number of nitrogens with zero attached hydrogens (tertiary/aromatic N) is 6. The first-order valence-corrected chi connectivity index (χ1v) is 22.4. The Morgan fingerprint density at radius 1 is 0.712 bits per heavy atom. The number of benzene rings is 2. The summed E-state index contributed by atoms with van der Waals surface area (Å²) in [6.45, 7) is 1.99. The van der Waals surface area contributed by atoms with Crippen molar-refractivity contribution in [2.45, 2.75) is 107 Å². The van der Waals surface area contributed by atoms with Gasteiger partial charge in [0.25, 0.3) is 29.4 Å². The van der Waals surface area contributed by atoms with Gasteiger partial charge < -0.3 is 4.90 Å². The molecular weight excluding hydrogens is 720 g/mol. The van der Waals surface area contributed by atoms with Crippen molar-refractivity contribution < 1.29 is 16.8 Å². The largest absolute Gasteiger partial charge is 0.309 e. The summed E-state index contributed by atoms with van der Waals surface area (Å²) in [6.07, 6.45) is 16.0. The number of fused-ring (bicyclic) bond motifs is 4. The Morgan fingerprint density at radius 2 is 1.15 bits per heavy atom. The number of hydrogen-bond donors (Lipinski definition) is 2. The molecule has 0 radical (unpaired) electrons. The van der Waals surface area contributed by atoms with Crippen LogP contribution >= 0.6 is 10.7 Å². The van der Waals surface area contributed by atoms with E-state index < -0.39 is 19.1 Å².